The van der Waals surface area contributed by atoms with E-state index in [1.54, 1.807) is 0 Å². The first-order chi connectivity index (χ1) is 7.45. The summed E-state index contributed by atoms with van der Waals surface area (Å²) in [4.78, 5) is 6.42. The molecule has 0 unspecified atom stereocenters. The third-order valence-electron chi connectivity index (χ3n) is 2.62. The molecule has 0 radical (unpaired) electrons. The highest BCUT2D eigenvalue weighted by atomic mass is 35.5. The number of rotatable bonds is 2. The number of hydrogen-bond acceptors (Lipinski definition) is 2. The first-order valence-corrected chi connectivity index (χ1v) is 5.87. The van der Waals surface area contributed by atoms with Crippen molar-refractivity contribution in [3.8, 4) is 0 Å². The van der Waals surface area contributed by atoms with Crippen molar-refractivity contribution in [2.75, 3.05) is 7.05 Å². The zero-order chi connectivity index (χ0) is 12.3. The maximum absolute atomic E-state index is 6.04. The van der Waals surface area contributed by atoms with Gasteiger partial charge in [-0.25, -0.2) is 4.99 Å². The van der Waals surface area contributed by atoms with Crippen LogP contribution in [0.3, 0.4) is 0 Å². The average molecular weight is 239 g/mol. The Morgan fingerprint density at radius 2 is 2.12 bits per heavy atom. The lowest BCUT2D eigenvalue weighted by Crippen LogP contribution is -2.17. The van der Waals surface area contributed by atoms with Gasteiger partial charge in [0.05, 0.1) is 0 Å². The summed E-state index contributed by atoms with van der Waals surface area (Å²) >= 11 is 6.04. The van der Waals surface area contributed by atoms with Gasteiger partial charge >= 0.3 is 0 Å². The van der Waals surface area contributed by atoms with Gasteiger partial charge < -0.3 is 4.90 Å². The molecule has 0 aromatic rings. The Morgan fingerprint density at radius 3 is 2.69 bits per heavy atom. The van der Waals surface area contributed by atoms with Gasteiger partial charge in [0.25, 0.3) is 0 Å². The van der Waals surface area contributed by atoms with Gasteiger partial charge in [-0.3, -0.25) is 0 Å². The Bertz CT molecular complexity index is 400. The number of hydrogen-bond donors (Lipinski definition) is 0. The van der Waals surface area contributed by atoms with Crippen molar-refractivity contribution in [2.45, 2.75) is 34.1 Å². The van der Waals surface area contributed by atoms with Crippen LogP contribution in [0.4, 0.5) is 0 Å². The van der Waals surface area contributed by atoms with Crippen LogP contribution in [-0.4, -0.2) is 17.1 Å². The van der Waals surface area contributed by atoms with Crippen LogP contribution in [0, 0.1) is 0 Å². The highest BCUT2D eigenvalue weighted by molar-refractivity contribution is 6.69. The molecule has 3 heteroatoms. The minimum absolute atomic E-state index is 0.579. The molecule has 0 N–H and O–H groups in total. The van der Waals surface area contributed by atoms with Crippen LogP contribution in [0.1, 0.15) is 34.1 Å². The van der Waals surface area contributed by atoms with Gasteiger partial charge in [-0.1, -0.05) is 30.2 Å². The fourth-order valence-electron chi connectivity index (χ4n) is 1.57. The summed E-state index contributed by atoms with van der Waals surface area (Å²) in [6, 6.07) is 0. The third-order valence-corrected chi connectivity index (χ3v) is 3.01. The fraction of sp³-hybridized carbons (Fsp3) is 0.462. The Morgan fingerprint density at radius 1 is 1.50 bits per heavy atom. The van der Waals surface area contributed by atoms with E-state index in [0.29, 0.717) is 5.17 Å². The van der Waals surface area contributed by atoms with Crippen LogP contribution in [0.2, 0.25) is 0 Å². The number of allylic oxidation sites excluding steroid dienone is 4. The van der Waals surface area contributed by atoms with E-state index in [1.165, 1.54) is 5.57 Å². The molecule has 0 atom stereocenters. The van der Waals surface area contributed by atoms with Gasteiger partial charge in [0.1, 0.15) is 11.0 Å². The SMILES string of the molecule is CCC(C)=C/C(C)=C1/N=C(Cl)C(C)=CN1C. The second-order valence-corrected chi connectivity index (χ2v) is 4.53. The summed E-state index contributed by atoms with van der Waals surface area (Å²) < 4.78 is 0. The van der Waals surface area contributed by atoms with Crippen molar-refractivity contribution in [3.05, 3.63) is 34.8 Å². The second kappa shape index (κ2) is 5.35. The van der Waals surface area contributed by atoms with Crippen molar-refractivity contribution < 1.29 is 0 Å². The predicted molar refractivity (Wildman–Crippen MR) is 71.6 cm³/mol. The summed E-state index contributed by atoms with van der Waals surface area (Å²) in [6.07, 6.45) is 5.22. The first-order valence-electron chi connectivity index (χ1n) is 5.49. The van der Waals surface area contributed by atoms with Gasteiger partial charge in [0.15, 0.2) is 0 Å². The van der Waals surface area contributed by atoms with Crippen molar-refractivity contribution in [3.63, 3.8) is 0 Å². The van der Waals surface area contributed by atoms with E-state index in [9.17, 15) is 0 Å². The standard InChI is InChI=1S/C13H19ClN2/c1-6-9(2)7-10(3)13-15-12(14)11(4)8-16(13)5/h7-8H,6H2,1-5H3/b9-7?,13-10-. The van der Waals surface area contributed by atoms with Crippen molar-refractivity contribution in [1.82, 2.24) is 4.90 Å². The summed E-state index contributed by atoms with van der Waals surface area (Å²) in [6.45, 7) is 8.29. The molecule has 0 aromatic carbocycles. The first kappa shape index (κ1) is 13.0. The summed E-state index contributed by atoms with van der Waals surface area (Å²) in [5, 5.41) is 0.579. The monoisotopic (exact) mass is 238 g/mol. The molecule has 1 rings (SSSR count). The van der Waals surface area contributed by atoms with Crippen LogP contribution >= 0.6 is 11.6 Å². The third kappa shape index (κ3) is 2.99. The molecule has 1 aliphatic rings. The number of aliphatic imine (C=N–C) groups is 1. The smallest absolute Gasteiger partial charge is 0.136 e. The second-order valence-electron chi connectivity index (χ2n) is 4.18. The Hall–Kier alpha value is -1.02. The lowest BCUT2D eigenvalue weighted by Gasteiger charge is -2.22. The molecular formula is C13H19ClN2. The molecule has 16 heavy (non-hydrogen) atoms. The topological polar surface area (TPSA) is 15.6 Å². The van der Waals surface area contributed by atoms with Gasteiger partial charge in [-0.2, -0.15) is 0 Å². The minimum atomic E-state index is 0.579. The van der Waals surface area contributed by atoms with Crippen molar-refractivity contribution in [1.29, 1.82) is 0 Å². The molecule has 88 valence electrons. The van der Waals surface area contributed by atoms with Gasteiger partial charge in [0.2, 0.25) is 0 Å². The van der Waals surface area contributed by atoms with Crippen molar-refractivity contribution >= 4 is 16.8 Å². The molecule has 2 nitrogen and oxygen atoms in total. The van der Waals surface area contributed by atoms with Crippen LogP contribution in [0.25, 0.3) is 0 Å². The van der Waals surface area contributed by atoms with Crippen LogP contribution in [0.5, 0.6) is 0 Å². The van der Waals surface area contributed by atoms with Crippen LogP contribution < -0.4 is 0 Å². The average Bonchev–Trinajstić information content (AvgIpc) is 2.23. The largest absolute Gasteiger partial charge is 0.335 e. The fourth-order valence-corrected chi connectivity index (χ4v) is 1.70. The molecule has 0 amide bonds. The molecule has 0 fully saturated rings. The van der Waals surface area contributed by atoms with E-state index >= 15 is 0 Å². The van der Waals surface area contributed by atoms with E-state index in [2.05, 4.69) is 31.8 Å². The Labute approximate surface area is 103 Å². The van der Waals surface area contributed by atoms with Crippen molar-refractivity contribution in [2.24, 2.45) is 4.99 Å². The van der Waals surface area contributed by atoms with E-state index in [4.69, 9.17) is 11.6 Å². The maximum Gasteiger partial charge on any atom is 0.136 e. The zero-order valence-electron chi connectivity index (χ0n) is 10.6. The lowest BCUT2D eigenvalue weighted by atomic mass is 10.1. The van der Waals surface area contributed by atoms with E-state index < -0.39 is 0 Å². The zero-order valence-corrected chi connectivity index (χ0v) is 11.4. The molecule has 0 bridgehead atoms. The minimum Gasteiger partial charge on any atom is -0.335 e. The molecule has 0 aromatic heterocycles. The molecule has 0 aliphatic carbocycles. The van der Waals surface area contributed by atoms with E-state index in [-0.39, 0.29) is 0 Å². The summed E-state index contributed by atoms with van der Waals surface area (Å²) in [7, 11) is 1.99. The van der Waals surface area contributed by atoms with Gasteiger partial charge in [0, 0.05) is 18.8 Å². The number of nitrogens with zero attached hydrogens (tertiary/aromatic N) is 2. The normalized spacial score (nSPS) is 20.6. The highest BCUT2D eigenvalue weighted by Crippen LogP contribution is 2.22. The highest BCUT2D eigenvalue weighted by Gasteiger charge is 2.13. The van der Waals surface area contributed by atoms with Gasteiger partial charge in [-0.05, 0) is 32.8 Å². The predicted octanol–water partition coefficient (Wildman–Crippen LogP) is 4.06. The van der Waals surface area contributed by atoms with Crippen LogP contribution in [-0.2, 0) is 0 Å². The van der Waals surface area contributed by atoms with Crippen LogP contribution in [0.15, 0.2) is 39.8 Å². The maximum atomic E-state index is 6.04. The molecule has 1 heterocycles. The molecule has 1 aliphatic heterocycles. The Balaban J connectivity index is 3.10. The summed E-state index contributed by atoms with van der Waals surface area (Å²) in [5.41, 5.74) is 3.48. The molecule has 0 spiro atoms. The van der Waals surface area contributed by atoms with Gasteiger partial charge in [-0.15, -0.1) is 0 Å². The quantitative estimate of drug-likeness (QED) is 0.708. The molecule has 0 saturated carbocycles. The molecule has 0 saturated heterocycles. The van der Waals surface area contributed by atoms with E-state index in [1.807, 2.05) is 25.1 Å². The lowest BCUT2D eigenvalue weighted by molar-refractivity contribution is 0.547. The summed E-state index contributed by atoms with van der Waals surface area (Å²) in [5.74, 6) is 0.920. The molecular weight excluding hydrogens is 220 g/mol. The van der Waals surface area contributed by atoms with E-state index in [0.717, 1.165) is 23.4 Å². The number of halogens is 1. The Kier molecular flexibility index (Phi) is 4.36.